The summed E-state index contributed by atoms with van der Waals surface area (Å²) in [6, 6.07) is 7.74. The van der Waals surface area contributed by atoms with Crippen LogP contribution in [0.25, 0.3) is 0 Å². The first-order chi connectivity index (χ1) is 9.06. The fourth-order valence-electron chi connectivity index (χ4n) is 1.83. The third-order valence-corrected chi connectivity index (χ3v) is 2.66. The van der Waals surface area contributed by atoms with Crippen molar-refractivity contribution in [1.29, 1.82) is 0 Å². The third-order valence-electron chi connectivity index (χ3n) is 2.66. The highest BCUT2D eigenvalue weighted by atomic mass is 16.5. The van der Waals surface area contributed by atoms with Gasteiger partial charge in [-0.25, -0.2) is 0 Å². The SMILES string of the molecule is CCOC(=O)C(CN)Cc1cccc(OC(C)C)c1. The molecule has 0 aliphatic heterocycles. The molecule has 0 fully saturated rings. The number of carbonyl (C=O) groups excluding carboxylic acids is 1. The van der Waals surface area contributed by atoms with Crippen LogP contribution in [0.5, 0.6) is 5.75 Å². The van der Waals surface area contributed by atoms with E-state index in [0.29, 0.717) is 13.0 Å². The Labute approximate surface area is 114 Å². The van der Waals surface area contributed by atoms with Crippen LogP contribution in [0.1, 0.15) is 26.3 Å². The van der Waals surface area contributed by atoms with Crippen LogP contribution in [-0.2, 0) is 16.0 Å². The van der Waals surface area contributed by atoms with Crippen LogP contribution in [0.15, 0.2) is 24.3 Å². The van der Waals surface area contributed by atoms with Crippen LogP contribution in [0.4, 0.5) is 0 Å². The van der Waals surface area contributed by atoms with Crippen molar-refractivity contribution in [2.75, 3.05) is 13.2 Å². The topological polar surface area (TPSA) is 61.5 Å². The average Bonchev–Trinajstić information content (AvgIpc) is 2.35. The summed E-state index contributed by atoms with van der Waals surface area (Å²) in [5.74, 6) is 0.279. The highest BCUT2D eigenvalue weighted by Crippen LogP contribution is 2.18. The minimum Gasteiger partial charge on any atom is -0.491 e. The molecule has 0 aliphatic rings. The number of ether oxygens (including phenoxy) is 2. The van der Waals surface area contributed by atoms with Gasteiger partial charge in [0.15, 0.2) is 0 Å². The monoisotopic (exact) mass is 265 g/mol. The van der Waals surface area contributed by atoms with Gasteiger partial charge in [-0.1, -0.05) is 12.1 Å². The Morgan fingerprint density at radius 1 is 1.37 bits per heavy atom. The first-order valence-corrected chi connectivity index (χ1v) is 6.69. The van der Waals surface area contributed by atoms with Crippen LogP contribution in [0, 0.1) is 5.92 Å². The van der Waals surface area contributed by atoms with Crippen molar-refractivity contribution >= 4 is 5.97 Å². The molecule has 0 aromatic heterocycles. The van der Waals surface area contributed by atoms with Crippen molar-refractivity contribution in [2.45, 2.75) is 33.3 Å². The predicted molar refractivity (Wildman–Crippen MR) is 75.1 cm³/mol. The molecule has 19 heavy (non-hydrogen) atoms. The van der Waals surface area contributed by atoms with Crippen molar-refractivity contribution in [3.63, 3.8) is 0 Å². The molecular formula is C15H23NO3. The zero-order valence-corrected chi connectivity index (χ0v) is 11.9. The van der Waals surface area contributed by atoms with Gasteiger partial charge < -0.3 is 15.2 Å². The molecule has 1 unspecified atom stereocenters. The summed E-state index contributed by atoms with van der Waals surface area (Å²) in [5.41, 5.74) is 6.67. The highest BCUT2D eigenvalue weighted by Gasteiger charge is 2.18. The number of benzene rings is 1. The van der Waals surface area contributed by atoms with Gasteiger partial charge in [0.1, 0.15) is 5.75 Å². The summed E-state index contributed by atoms with van der Waals surface area (Å²) in [6.45, 7) is 6.42. The molecule has 0 bridgehead atoms. The molecule has 1 atom stereocenters. The Morgan fingerprint density at radius 3 is 2.68 bits per heavy atom. The van der Waals surface area contributed by atoms with E-state index >= 15 is 0 Å². The zero-order chi connectivity index (χ0) is 14.3. The van der Waals surface area contributed by atoms with Crippen LogP contribution in [0.3, 0.4) is 0 Å². The van der Waals surface area contributed by atoms with Gasteiger partial charge in [-0.15, -0.1) is 0 Å². The molecule has 4 nitrogen and oxygen atoms in total. The van der Waals surface area contributed by atoms with E-state index in [1.165, 1.54) is 0 Å². The van der Waals surface area contributed by atoms with Crippen LogP contribution in [-0.4, -0.2) is 25.2 Å². The van der Waals surface area contributed by atoms with E-state index in [9.17, 15) is 4.79 Å². The van der Waals surface area contributed by atoms with Gasteiger partial charge in [0, 0.05) is 6.54 Å². The average molecular weight is 265 g/mol. The Bertz CT molecular complexity index is 404. The van der Waals surface area contributed by atoms with Gasteiger partial charge in [-0.05, 0) is 44.9 Å². The lowest BCUT2D eigenvalue weighted by molar-refractivity contribution is -0.147. The summed E-state index contributed by atoms with van der Waals surface area (Å²) in [5, 5.41) is 0. The fraction of sp³-hybridized carbons (Fsp3) is 0.533. The number of hydrogen-bond acceptors (Lipinski definition) is 4. The van der Waals surface area contributed by atoms with Gasteiger partial charge in [0.05, 0.1) is 18.6 Å². The van der Waals surface area contributed by atoms with Crippen LogP contribution < -0.4 is 10.5 Å². The molecule has 106 valence electrons. The van der Waals surface area contributed by atoms with Crippen LogP contribution >= 0.6 is 0 Å². The standard InChI is InChI=1S/C15H23NO3/c1-4-18-15(17)13(10-16)8-12-6-5-7-14(9-12)19-11(2)3/h5-7,9,11,13H,4,8,10,16H2,1-3H3. The first-order valence-electron chi connectivity index (χ1n) is 6.69. The fourth-order valence-corrected chi connectivity index (χ4v) is 1.83. The Balaban J connectivity index is 2.71. The molecule has 1 aromatic carbocycles. The molecule has 0 amide bonds. The van der Waals surface area contributed by atoms with E-state index in [0.717, 1.165) is 11.3 Å². The maximum Gasteiger partial charge on any atom is 0.310 e. The molecular weight excluding hydrogens is 242 g/mol. The number of esters is 1. The van der Waals surface area contributed by atoms with E-state index in [2.05, 4.69) is 0 Å². The number of nitrogens with two attached hydrogens (primary N) is 1. The maximum absolute atomic E-state index is 11.7. The molecule has 0 heterocycles. The number of hydrogen-bond donors (Lipinski definition) is 1. The minimum atomic E-state index is -0.297. The number of rotatable bonds is 7. The van der Waals surface area contributed by atoms with Crippen molar-refractivity contribution in [3.05, 3.63) is 29.8 Å². The summed E-state index contributed by atoms with van der Waals surface area (Å²) in [6.07, 6.45) is 0.704. The van der Waals surface area contributed by atoms with Crippen molar-refractivity contribution in [1.82, 2.24) is 0 Å². The second-order valence-corrected chi connectivity index (χ2v) is 4.70. The summed E-state index contributed by atoms with van der Waals surface area (Å²) >= 11 is 0. The molecule has 0 spiro atoms. The highest BCUT2D eigenvalue weighted by molar-refractivity contribution is 5.73. The predicted octanol–water partition coefficient (Wildman–Crippen LogP) is 2.15. The van der Waals surface area contributed by atoms with E-state index in [-0.39, 0.29) is 24.5 Å². The summed E-state index contributed by atoms with van der Waals surface area (Å²) < 4.78 is 10.6. The van der Waals surface area contributed by atoms with E-state index in [1.807, 2.05) is 38.1 Å². The van der Waals surface area contributed by atoms with Crippen molar-refractivity contribution in [3.8, 4) is 5.75 Å². The molecule has 0 aliphatic carbocycles. The summed E-state index contributed by atoms with van der Waals surface area (Å²) in [7, 11) is 0. The van der Waals surface area contributed by atoms with Gasteiger partial charge in [0.2, 0.25) is 0 Å². The van der Waals surface area contributed by atoms with Gasteiger partial charge >= 0.3 is 5.97 Å². The molecule has 2 N–H and O–H groups in total. The first kappa shape index (κ1) is 15.5. The normalized spacial score (nSPS) is 12.3. The Kier molecular flexibility index (Phi) is 6.36. The Hall–Kier alpha value is -1.55. The molecule has 0 saturated carbocycles. The lowest BCUT2D eigenvalue weighted by atomic mass is 9.99. The van der Waals surface area contributed by atoms with Gasteiger partial charge in [0.25, 0.3) is 0 Å². The molecule has 0 saturated heterocycles. The zero-order valence-electron chi connectivity index (χ0n) is 11.9. The van der Waals surface area contributed by atoms with Crippen molar-refractivity contribution < 1.29 is 14.3 Å². The van der Waals surface area contributed by atoms with Crippen molar-refractivity contribution in [2.24, 2.45) is 11.7 Å². The lowest BCUT2D eigenvalue weighted by Gasteiger charge is -2.15. The Morgan fingerprint density at radius 2 is 2.11 bits per heavy atom. The van der Waals surface area contributed by atoms with Gasteiger partial charge in [-0.3, -0.25) is 4.79 Å². The molecule has 1 rings (SSSR count). The smallest absolute Gasteiger partial charge is 0.310 e. The van der Waals surface area contributed by atoms with E-state index in [1.54, 1.807) is 6.92 Å². The van der Waals surface area contributed by atoms with Gasteiger partial charge in [-0.2, -0.15) is 0 Å². The molecule has 4 heteroatoms. The van der Waals surface area contributed by atoms with Crippen LogP contribution in [0.2, 0.25) is 0 Å². The second kappa shape index (κ2) is 7.79. The number of carbonyl (C=O) groups is 1. The van der Waals surface area contributed by atoms with E-state index < -0.39 is 0 Å². The largest absolute Gasteiger partial charge is 0.491 e. The maximum atomic E-state index is 11.7. The molecule has 0 radical (unpaired) electrons. The quantitative estimate of drug-likeness (QED) is 0.767. The minimum absolute atomic E-state index is 0.130. The third kappa shape index (κ3) is 5.30. The second-order valence-electron chi connectivity index (χ2n) is 4.70. The molecule has 1 aromatic rings. The summed E-state index contributed by atoms with van der Waals surface area (Å²) in [4.78, 5) is 11.7. The van der Waals surface area contributed by atoms with E-state index in [4.69, 9.17) is 15.2 Å². The lowest BCUT2D eigenvalue weighted by Crippen LogP contribution is -2.27.